The molecule has 5 heterocycles. The van der Waals surface area contributed by atoms with Crippen LogP contribution in [-0.2, 0) is 0 Å². The third-order valence-corrected chi connectivity index (χ3v) is 18.3. The average Bonchev–Trinajstić information content (AvgIpc) is 2.09. The second-order valence-corrected chi connectivity index (χ2v) is 22.8. The molecule has 0 saturated heterocycles. The van der Waals surface area contributed by atoms with Gasteiger partial charge in [0.05, 0.1) is 55.5 Å². The van der Waals surface area contributed by atoms with Gasteiger partial charge in [-0.25, -0.2) is 9.97 Å². The molecule has 0 aliphatic heterocycles. The topological polar surface area (TPSA) is 45.5 Å². The highest BCUT2D eigenvalue weighted by Gasteiger charge is 2.30. The maximum absolute atomic E-state index is 5.74. The van der Waals surface area contributed by atoms with Crippen molar-refractivity contribution < 1.29 is 0 Å². The van der Waals surface area contributed by atoms with Crippen molar-refractivity contribution in [2.24, 2.45) is 0 Å². The third kappa shape index (κ3) is 6.66. The van der Waals surface area contributed by atoms with Crippen molar-refractivity contribution in [1.29, 1.82) is 0 Å². The Balaban J connectivity index is 0.796. The summed E-state index contributed by atoms with van der Waals surface area (Å²) in [5.41, 5.74) is 23.1. The van der Waals surface area contributed by atoms with E-state index in [4.69, 9.17) is 9.97 Å². The molecule has 1 aliphatic rings. The maximum Gasteiger partial charge on any atom is 0.160 e. The third-order valence-electron chi connectivity index (χ3n) is 18.3. The predicted molar refractivity (Wildman–Crippen MR) is 358 cm³/mol. The van der Waals surface area contributed by atoms with E-state index in [1.54, 1.807) is 0 Å². The van der Waals surface area contributed by atoms with Gasteiger partial charge in [0.15, 0.2) is 5.82 Å². The Bertz CT molecular complexity index is 5790. The van der Waals surface area contributed by atoms with Crippen LogP contribution >= 0.6 is 0 Å². The van der Waals surface area contributed by atoms with Crippen molar-refractivity contribution in [2.75, 3.05) is 0 Å². The lowest BCUT2D eigenvalue weighted by Gasteiger charge is -2.15. The average molecular weight is 1090 g/mol. The van der Waals surface area contributed by atoms with Gasteiger partial charge in [0.1, 0.15) is 0 Å². The number of nitrogens with zero attached hydrogens (tertiary/aromatic N) is 6. The van der Waals surface area contributed by atoms with Gasteiger partial charge in [-0.1, -0.05) is 194 Å². The first kappa shape index (κ1) is 46.9. The molecule has 398 valence electrons. The van der Waals surface area contributed by atoms with E-state index < -0.39 is 0 Å². The molecule has 86 heavy (non-hydrogen) atoms. The number of benzene rings is 13. The summed E-state index contributed by atoms with van der Waals surface area (Å²) in [6.07, 6.45) is 0. The van der Waals surface area contributed by atoms with Crippen molar-refractivity contribution in [2.45, 2.75) is 0 Å². The van der Waals surface area contributed by atoms with E-state index in [1.165, 1.54) is 87.1 Å². The SMILES string of the molecule is c1ccc(-c2ccc3c4c(cccc24)-c2nc(-c4ccc(-n5c6ccccc6c6ccc(-n7c8ccccc8c8ccccc87)cc65)cc4)nc(-c4cccc(-n5c6ccccc6c6ccc(-n7c8ccccc8c8ccccc87)cc65)c4)c2-3)cc1. The Labute approximate surface area is 493 Å². The van der Waals surface area contributed by atoms with E-state index in [-0.39, 0.29) is 0 Å². The van der Waals surface area contributed by atoms with Gasteiger partial charge in [-0.2, -0.15) is 0 Å². The molecule has 0 N–H and O–H groups in total. The summed E-state index contributed by atoms with van der Waals surface area (Å²) >= 11 is 0. The molecule has 0 bridgehead atoms. The quantitative estimate of drug-likeness (QED) is 0.160. The van der Waals surface area contributed by atoms with Crippen LogP contribution in [0.5, 0.6) is 0 Å². The van der Waals surface area contributed by atoms with Gasteiger partial charge in [-0.3, -0.25) is 0 Å². The van der Waals surface area contributed by atoms with Crippen LogP contribution in [0.3, 0.4) is 0 Å². The number of hydrogen-bond acceptors (Lipinski definition) is 2. The van der Waals surface area contributed by atoms with Gasteiger partial charge in [0, 0.05) is 88.1 Å². The van der Waals surface area contributed by atoms with Crippen LogP contribution < -0.4 is 0 Å². The molecule has 0 spiro atoms. The van der Waals surface area contributed by atoms with Gasteiger partial charge < -0.3 is 18.3 Å². The molecular weight excluding hydrogens is 1040 g/mol. The van der Waals surface area contributed by atoms with E-state index >= 15 is 0 Å². The van der Waals surface area contributed by atoms with Crippen molar-refractivity contribution >= 4 is 98.0 Å². The fraction of sp³-hybridized carbons (Fsp3) is 0. The second kappa shape index (κ2) is 18.0. The zero-order chi connectivity index (χ0) is 56.1. The van der Waals surface area contributed by atoms with E-state index in [0.29, 0.717) is 5.82 Å². The smallest absolute Gasteiger partial charge is 0.160 e. The minimum absolute atomic E-state index is 0.673. The molecule has 0 amide bonds. The minimum Gasteiger partial charge on any atom is -0.309 e. The number of hydrogen-bond donors (Lipinski definition) is 0. The predicted octanol–water partition coefficient (Wildman–Crippen LogP) is 20.7. The molecule has 5 aromatic heterocycles. The molecular formula is C80H48N6. The van der Waals surface area contributed by atoms with Crippen LogP contribution in [0.25, 0.3) is 177 Å². The summed E-state index contributed by atoms with van der Waals surface area (Å²) in [6, 6.07) is 106. The summed E-state index contributed by atoms with van der Waals surface area (Å²) in [4.78, 5) is 11.4. The van der Waals surface area contributed by atoms with Crippen LogP contribution in [0.15, 0.2) is 291 Å². The highest BCUT2D eigenvalue weighted by atomic mass is 15.0. The van der Waals surface area contributed by atoms with Crippen molar-refractivity contribution in [3.63, 3.8) is 0 Å². The number of rotatable bonds is 7. The lowest BCUT2D eigenvalue weighted by Crippen LogP contribution is -2.00. The van der Waals surface area contributed by atoms with Crippen LogP contribution in [0.1, 0.15) is 0 Å². The molecule has 0 fully saturated rings. The van der Waals surface area contributed by atoms with E-state index in [0.717, 1.165) is 84.0 Å². The van der Waals surface area contributed by atoms with Gasteiger partial charge in [0.25, 0.3) is 0 Å². The van der Waals surface area contributed by atoms with Crippen LogP contribution in [0.4, 0.5) is 0 Å². The first-order chi connectivity index (χ1) is 42.7. The second-order valence-electron chi connectivity index (χ2n) is 22.8. The Morgan fingerprint density at radius 2 is 0.593 bits per heavy atom. The van der Waals surface area contributed by atoms with Crippen molar-refractivity contribution in [3.05, 3.63) is 291 Å². The summed E-state index contributed by atoms with van der Waals surface area (Å²) in [5.74, 6) is 0.673. The molecule has 6 nitrogen and oxygen atoms in total. The highest BCUT2D eigenvalue weighted by molar-refractivity contribution is 6.21. The first-order valence-electron chi connectivity index (χ1n) is 29.5. The molecule has 0 atom stereocenters. The van der Waals surface area contributed by atoms with E-state index in [2.05, 4.69) is 309 Å². The van der Waals surface area contributed by atoms with Crippen LogP contribution in [-0.4, -0.2) is 28.2 Å². The van der Waals surface area contributed by atoms with Gasteiger partial charge in [0.2, 0.25) is 0 Å². The molecule has 6 heteroatoms. The van der Waals surface area contributed by atoms with Crippen molar-refractivity contribution in [1.82, 2.24) is 28.2 Å². The maximum atomic E-state index is 5.74. The van der Waals surface area contributed by atoms with E-state index in [1.807, 2.05) is 0 Å². The molecule has 13 aromatic carbocycles. The number of para-hydroxylation sites is 6. The number of aromatic nitrogens is 6. The first-order valence-corrected chi connectivity index (χ1v) is 29.5. The fourth-order valence-corrected chi connectivity index (χ4v) is 14.6. The Morgan fingerprint density at radius 1 is 0.209 bits per heavy atom. The van der Waals surface area contributed by atoms with Crippen LogP contribution in [0, 0.1) is 0 Å². The Morgan fingerprint density at radius 3 is 1.12 bits per heavy atom. The summed E-state index contributed by atoms with van der Waals surface area (Å²) < 4.78 is 9.67. The monoisotopic (exact) mass is 1090 g/mol. The molecule has 0 saturated carbocycles. The van der Waals surface area contributed by atoms with Gasteiger partial charge >= 0.3 is 0 Å². The van der Waals surface area contributed by atoms with Crippen molar-refractivity contribution in [3.8, 4) is 78.9 Å². The normalized spacial score (nSPS) is 12.2. The lowest BCUT2D eigenvalue weighted by molar-refractivity contribution is 1.15. The number of fused-ring (bicyclic) bond motifs is 15. The zero-order valence-electron chi connectivity index (χ0n) is 46.4. The molecule has 0 radical (unpaired) electrons. The highest BCUT2D eigenvalue weighted by Crippen LogP contribution is 2.52. The summed E-state index contributed by atoms with van der Waals surface area (Å²) in [7, 11) is 0. The largest absolute Gasteiger partial charge is 0.309 e. The Hall–Kier alpha value is -11.6. The van der Waals surface area contributed by atoms with Gasteiger partial charge in [-0.05, 0) is 125 Å². The lowest BCUT2D eigenvalue weighted by atomic mass is 9.93. The van der Waals surface area contributed by atoms with Crippen LogP contribution in [0.2, 0.25) is 0 Å². The fourth-order valence-electron chi connectivity index (χ4n) is 14.6. The summed E-state index contributed by atoms with van der Waals surface area (Å²) in [5, 5.41) is 12.2. The molecule has 19 rings (SSSR count). The molecule has 1 aliphatic carbocycles. The molecule has 0 unspecified atom stereocenters. The molecule has 18 aromatic rings. The summed E-state index contributed by atoms with van der Waals surface area (Å²) in [6.45, 7) is 0. The minimum atomic E-state index is 0.673. The van der Waals surface area contributed by atoms with Gasteiger partial charge in [-0.15, -0.1) is 0 Å². The zero-order valence-corrected chi connectivity index (χ0v) is 46.4. The standard InChI is InChI=1S/C80H48N6/c1-2-18-49(19-3-1)56-44-45-66-76-65(56)28-17-29-67(76)79-77(66)78(51-20-16-21-53(46-51)86-73-35-15-9-27-62(73)64-43-41-55(48-75(64)86)85-71-33-13-6-24-59(71)60-25-7-14-34-72(60)85)81-80(82-79)50-36-38-52(39-37-50)83-68-30-10-8-26-61(68)63-42-40-54(47-74(63)83)84-69-31-11-4-22-57(69)58-23-5-12-32-70(58)84/h1-48H. The van der Waals surface area contributed by atoms with E-state index in [9.17, 15) is 0 Å². The Kier molecular flexibility index (Phi) is 9.80.